The number of sulfonamides is 1. The van der Waals surface area contributed by atoms with Gasteiger partial charge in [-0.3, -0.25) is 4.79 Å². The van der Waals surface area contributed by atoms with Crippen LogP contribution < -0.4 is 5.32 Å². The number of carbonyl (C=O) groups is 1. The molecule has 0 aliphatic heterocycles. The molecule has 0 aliphatic carbocycles. The van der Waals surface area contributed by atoms with Gasteiger partial charge in [-0.25, -0.2) is 8.42 Å². The summed E-state index contributed by atoms with van der Waals surface area (Å²) in [6.07, 6.45) is 2.01. The second-order valence-corrected chi connectivity index (χ2v) is 7.79. The van der Waals surface area contributed by atoms with Gasteiger partial charge in [0.2, 0.25) is 15.9 Å². The Morgan fingerprint density at radius 2 is 1.90 bits per heavy atom. The number of nitrogens with one attached hydrogen (secondary N) is 1. The maximum Gasteiger partial charge on any atom is 0.225 e. The van der Waals surface area contributed by atoms with Gasteiger partial charge in [-0.2, -0.15) is 4.31 Å². The molecule has 0 heterocycles. The number of nitrogens with zero attached hydrogens (tertiary/aromatic N) is 1. The third-order valence-corrected chi connectivity index (χ3v) is 5.12. The highest BCUT2D eigenvalue weighted by molar-refractivity contribution is 9.10. The highest BCUT2D eigenvalue weighted by Gasteiger charge is 2.22. The van der Waals surface area contributed by atoms with Crippen molar-refractivity contribution in [1.82, 2.24) is 4.31 Å². The number of halogens is 1. The molecule has 0 fully saturated rings. The van der Waals surface area contributed by atoms with Gasteiger partial charge in [0, 0.05) is 29.2 Å². The molecule has 0 aromatic heterocycles. The summed E-state index contributed by atoms with van der Waals surface area (Å²) in [6.45, 7) is 3.95. The average molecular weight is 377 g/mol. The lowest BCUT2D eigenvalue weighted by atomic mass is 10.2. The Morgan fingerprint density at radius 3 is 2.38 bits per heavy atom. The van der Waals surface area contributed by atoms with Crippen LogP contribution in [-0.4, -0.2) is 37.5 Å². The Balaban J connectivity index is 2.59. The topological polar surface area (TPSA) is 66.5 Å². The zero-order valence-corrected chi connectivity index (χ0v) is 14.9. The zero-order chi connectivity index (χ0) is 16.0. The fraction of sp³-hybridized carbons (Fsp3) is 0.500. The monoisotopic (exact) mass is 376 g/mol. The Morgan fingerprint density at radius 1 is 1.33 bits per heavy atom. The Hall–Kier alpha value is -0.920. The van der Waals surface area contributed by atoms with Crippen LogP contribution in [0.15, 0.2) is 28.7 Å². The molecular formula is C14H21BrN2O3S. The van der Waals surface area contributed by atoms with Crippen molar-refractivity contribution in [2.45, 2.75) is 32.7 Å². The second kappa shape index (κ2) is 7.91. The van der Waals surface area contributed by atoms with Gasteiger partial charge in [0.1, 0.15) is 0 Å². The summed E-state index contributed by atoms with van der Waals surface area (Å²) in [5.41, 5.74) is 0.692. The van der Waals surface area contributed by atoms with E-state index in [1.165, 1.54) is 10.6 Å². The molecule has 118 valence electrons. The summed E-state index contributed by atoms with van der Waals surface area (Å²) in [4.78, 5) is 11.9. The predicted octanol–water partition coefficient (Wildman–Crippen LogP) is 2.84. The predicted molar refractivity (Wildman–Crippen MR) is 88.7 cm³/mol. The molecule has 1 N–H and O–H groups in total. The molecule has 1 rings (SSSR count). The lowest BCUT2D eigenvalue weighted by Gasteiger charge is -2.25. The van der Waals surface area contributed by atoms with E-state index < -0.39 is 10.0 Å². The molecule has 1 aromatic carbocycles. The standard InChI is InChI=1S/C14H21BrN2O3S/c1-4-11(2)17(21(3,19)20)10-9-14(18)16-13-7-5-12(15)6-8-13/h5-8,11H,4,9-10H2,1-3H3,(H,16,18). The normalized spacial score (nSPS) is 13.2. The third kappa shape index (κ3) is 6.15. The smallest absolute Gasteiger partial charge is 0.225 e. The molecule has 5 nitrogen and oxygen atoms in total. The number of anilines is 1. The Kier molecular flexibility index (Phi) is 6.83. The molecule has 0 aliphatic rings. The lowest BCUT2D eigenvalue weighted by Crippen LogP contribution is -2.39. The molecule has 1 atom stereocenters. The van der Waals surface area contributed by atoms with Crippen molar-refractivity contribution in [3.05, 3.63) is 28.7 Å². The van der Waals surface area contributed by atoms with Crippen LogP contribution >= 0.6 is 15.9 Å². The van der Waals surface area contributed by atoms with E-state index in [1.807, 2.05) is 26.0 Å². The minimum Gasteiger partial charge on any atom is -0.326 e. The average Bonchev–Trinajstić information content (AvgIpc) is 2.39. The van der Waals surface area contributed by atoms with E-state index >= 15 is 0 Å². The van der Waals surface area contributed by atoms with E-state index in [2.05, 4.69) is 21.2 Å². The van der Waals surface area contributed by atoms with Gasteiger partial charge in [0.05, 0.1) is 6.26 Å². The molecule has 0 bridgehead atoms. The fourth-order valence-corrected chi connectivity index (χ4v) is 3.38. The van der Waals surface area contributed by atoms with Crippen molar-refractivity contribution in [3.8, 4) is 0 Å². The Bertz CT molecular complexity index is 572. The maximum absolute atomic E-state index is 11.9. The largest absolute Gasteiger partial charge is 0.326 e. The van der Waals surface area contributed by atoms with Gasteiger partial charge in [-0.15, -0.1) is 0 Å². The van der Waals surface area contributed by atoms with E-state index in [-0.39, 0.29) is 24.9 Å². The summed E-state index contributed by atoms with van der Waals surface area (Å²) in [6, 6.07) is 7.12. The molecule has 1 unspecified atom stereocenters. The summed E-state index contributed by atoms with van der Waals surface area (Å²) in [5.74, 6) is -0.200. The fourth-order valence-electron chi connectivity index (χ4n) is 1.89. The van der Waals surface area contributed by atoms with Gasteiger partial charge in [0.15, 0.2) is 0 Å². The summed E-state index contributed by atoms with van der Waals surface area (Å²) >= 11 is 3.32. The molecule has 1 amide bonds. The number of carbonyl (C=O) groups excluding carboxylic acids is 1. The van der Waals surface area contributed by atoms with Crippen molar-refractivity contribution in [2.75, 3.05) is 18.1 Å². The van der Waals surface area contributed by atoms with Gasteiger partial charge in [0.25, 0.3) is 0 Å². The molecule has 7 heteroatoms. The van der Waals surface area contributed by atoms with E-state index in [4.69, 9.17) is 0 Å². The van der Waals surface area contributed by atoms with Crippen LogP contribution in [0.1, 0.15) is 26.7 Å². The van der Waals surface area contributed by atoms with Crippen LogP contribution in [-0.2, 0) is 14.8 Å². The Labute approximate surface area is 134 Å². The third-order valence-electron chi connectivity index (χ3n) is 3.20. The van der Waals surface area contributed by atoms with Crippen LogP contribution in [0.3, 0.4) is 0 Å². The number of benzene rings is 1. The maximum atomic E-state index is 11.9. The van der Waals surface area contributed by atoms with Crippen LogP contribution in [0, 0.1) is 0 Å². The molecular weight excluding hydrogens is 356 g/mol. The highest BCUT2D eigenvalue weighted by atomic mass is 79.9. The highest BCUT2D eigenvalue weighted by Crippen LogP contribution is 2.15. The first kappa shape index (κ1) is 18.1. The zero-order valence-electron chi connectivity index (χ0n) is 12.5. The van der Waals surface area contributed by atoms with Crippen LogP contribution in [0.4, 0.5) is 5.69 Å². The van der Waals surface area contributed by atoms with E-state index in [0.717, 1.165) is 4.47 Å². The van der Waals surface area contributed by atoms with Crippen molar-refractivity contribution in [1.29, 1.82) is 0 Å². The number of rotatable bonds is 7. The molecule has 1 aromatic rings. The minimum atomic E-state index is -3.30. The SMILES string of the molecule is CCC(C)N(CCC(=O)Nc1ccc(Br)cc1)S(C)(=O)=O. The molecule has 0 saturated carbocycles. The quantitative estimate of drug-likeness (QED) is 0.795. The first-order chi connectivity index (χ1) is 9.74. The van der Waals surface area contributed by atoms with E-state index in [1.54, 1.807) is 12.1 Å². The van der Waals surface area contributed by atoms with Crippen molar-refractivity contribution < 1.29 is 13.2 Å². The van der Waals surface area contributed by atoms with Crippen molar-refractivity contribution in [2.24, 2.45) is 0 Å². The summed E-state index contributed by atoms with van der Waals surface area (Å²) in [7, 11) is -3.30. The first-order valence-corrected chi connectivity index (χ1v) is 9.40. The summed E-state index contributed by atoms with van der Waals surface area (Å²) in [5, 5.41) is 2.75. The van der Waals surface area contributed by atoms with E-state index in [0.29, 0.717) is 12.1 Å². The van der Waals surface area contributed by atoms with Gasteiger partial charge in [-0.05, 0) is 37.6 Å². The molecule has 0 radical (unpaired) electrons. The first-order valence-electron chi connectivity index (χ1n) is 6.76. The summed E-state index contributed by atoms with van der Waals surface area (Å²) < 4.78 is 25.8. The second-order valence-electron chi connectivity index (χ2n) is 4.94. The number of hydrogen-bond acceptors (Lipinski definition) is 3. The van der Waals surface area contributed by atoms with Crippen molar-refractivity contribution >= 4 is 37.5 Å². The van der Waals surface area contributed by atoms with E-state index in [9.17, 15) is 13.2 Å². The molecule has 0 spiro atoms. The minimum absolute atomic E-state index is 0.111. The van der Waals surface area contributed by atoms with Gasteiger partial charge < -0.3 is 5.32 Å². The lowest BCUT2D eigenvalue weighted by molar-refractivity contribution is -0.116. The molecule has 0 saturated heterocycles. The number of hydrogen-bond donors (Lipinski definition) is 1. The van der Waals surface area contributed by atoms with Gasteiger partial charge in [-0.1, -0.05) is 22.9 Å². The van der Waals surface area contributed by atoms with Crippen molar-refractivity contribution in [3.63, 3.8) is 0 Å². The number of amides is 1. The van der Waals surface area contributed by atoms with Crippen LogP contribution in [0.5, 0.6) is 0 Å². The van der Waals surface area contributed by atoms with Crippen LogP contribution in [0.2, 0.25) is 0 Å². The molecule has 21 heavy (non-hydrogen) atoms. The van der Waals surface area contributed by atoms with Crippen LogP contribution in [0.25, 0.3) is 0 Å². The van der Waals surface area contributed by atoms with Gasteiger partial charge >= 0.3 is 0 Å².